The molecule has 0 radical (unpaired) electrons. The molecule has 0 heterocycles. The van der Waals surface area contributed by atoms with Crippen molar-refractivity contribution in [2.45, 2.75) is 13.0 Å². The highest BCUT2D eigenvalue weighted by molar-refractivity contribution is 5.41. The van der Waals surface area contributed by atoms with Gasteiger partial charge in [0, 0.05) is 18.2 Å². The van der Waals surface area contributed by atoms with Crippen molar-refractivity contribution in [3.8, 4) is 0 Å². The molecule has 74 valence electrons. The van der Waals surface area contributed by atoms with Crippen molar-refractivity contribution in [2.75, 3.05) is 0 Å². The van der Waals surface area contributed by atoms with Gasteiger partial charge in [0.1, 0.15) is 0 Å². The molecular formula is C10H12N2O2. The van der Waals surface area contributed by atoms with Crippen LogP contribution in [0.15, 0.2) is 30.9 Å². The van der Waals surface area contributed by atoms with E-state index in [9.17, 15) is 10.1 Å². The van der Waals surface area contributed by atoms with Crippen LogP contribution in [0.2, 0.25) is 0 Å². The molecule has 0 saturated carbocycles. The molecule has 0 amide bonds. The molecule has 1 aromatic rings. The molecule has 0 unspecified atom stereocenters. The Morgan fingerprint density at radius 1 is 1.64 bits per heavy atom. The number of non-ortho nitro benzene ring substituents is 1. The fraction of sp³-hybridized carbons (Fsp3) is 0.200. The standard InChI is InChI=1S/C10H12N2O2/c1-3-10(11)9-6-8(12(13)14)5-4-7(9)2/h3-6,10H,1,11H2,2H3/t10-/m1/s1. The quantitative estimate of drug-likeness (QED) is 0.453. The Bertz CT molecular complexity index is 374. The number of aryl methyl sites for hydroxylation is 1. The van der Waals surface area contributed by atoms with Gasteiger partial charge in [-0.15, -0.1) is 6.58 Å². The average molecular weight is 192 g/mol. The zero-order chi connectivity index (χ0) is 10.7. The molecule has 0 aliphatic heterocycles. The molecule has 0 aliphatic rings. The third-order valence-electron chi connectivity index (χ3n) is 2.09. The third-order valence-corrected chi connectivity index (χ3v) is 2.09. The third kappa shape index (κ3) is 1.97. The summed E-state index contributed by atoms with van der Waals surface area (Å²) in [4.78, 5) is 10.1. The summed E-state index contributed by atoms with van der Waals surface area (Å²) >= 11 is 0. The number of nitro groups is 1. The lowest BCUT2D eigenvalue weighted by Gasteiger charge is -2.09. The molecule has 4 nitrogen and oxygen atoms in total. The van der Waals surface area contributed by atoms with Crippen LogP contribution in [-0.2, 0) is 0 Å². The van der Waals surface area contributed by atoms with Crippen molar-refractivity contribution < 1.29 is 4.92 Å². The minimum Gasteiger partial charge on any atom is -0.321 e. The molecule has 1 atom stereocenters. The van der Waals surface area contributed by atoms with Crippen molar-refractivity contribution in [2.24, 2.45) is 5.73 Å². The summed E-state index contributed by atoms with van der Waals surface area (Å²) in [6.07, 6.45) is 1.56. The van der Waals surface area contributed by atoms with Crippen molar-refractivity contribution in [3.63, 3.8) is 0 Å². The summed E-state index contributed by atoms with van der Waals surface area (Å²) in [6, 6.07) is 4.29. The minimum absolute atomic E-state index is 0.0582. The van der Waals surface area contributed by atoms with Gasteiger partial charge >= 0.3 is 0 Å². The van der Waals surface area contributed by atoms with E-state index in [-0.39, 0.29) is 11.7 Å². The van der Waals surface area contributed by atoms with Crippen LogP contribution in [0.3, 0.4) is 0 Å². The Kier molecular flexibility index (Phi) is 2.99. The Balaban J connectivity index is 3.20. The highest BCUT2D eigenvalue weighted by atomic mass is 16.6. The lowest BCUT2D eigenvalue weighted by molar-refractivity contribution is -0.384. The van der Waals surface area contributed by atoms with E-state index in [0.717, 1.165) is 11.1 Å². The van der Waals surface area contributed by atoms with Crippen molar-refractivity contribution in [3.05, 3.63) is 52.1 Å². The van der Waals surface area contributed by atoms with Crippen LogP contribution in [0.4, 0.5) is 5.69 Å². The predicted octanol–water partition coefficient (Wildman–Crippen LogP) is 2.09. The van der Waals surface area contributed by atoms with Crippen LogP contribution in [0.5, 0.6) is 0 Å². The molecule has 1 aromatic carbocycles. The van der Waals surface area contributed by atoms with Gasteiger partial charge in [0.25, 0.3) is 5.69 Å². The molecular weight excluding hydrogens is 180 g/mol. The van der Waals surface area contributed by atoms with Gasteiger partial charge in [-0.1, -0.05) is 12.1 Å². The van der Waals surface area contributed by atoms with E-state index in [1.165, 1.54) is 12.1 Å². The van der Waals surface area contributed by atoms with E-state index in [0.29, 0.717) is 0 Å². The SMILES string of the molecule is C=C[C@@H](N)c1cc([N+](=O)[O-])ccc1C. The molecule has 0 saturated heterocycles. The fourth-order valence-electron chi connectivity index (χ4n) is 1.23. The monoisotopic (exact) mass is 192 g/mol. The van der Waals surface area contributed by atoms with Crippen LogP contribution in [0, 0.1) is 17.0 Å². The first-order chi connectivity index (χ1) is 6.56. The van der Waals surface area contributed by atoms with Crippen LogP contribution in [0.25, 0.3) is 0 Å². The van der Waals surface area contributed by atoms with Gasteiger partial charge in [-0.05, 0) is 18.1 Å². The second kappa shape index (κ2) is 4.02. The Morgan fingerprint density at radius 2 is 2.29 bits per heavy atom. The molecule has 0 aromatic heterocycles. The number of benzene rings is 1. The average Bonchev–Trinajstić information content (AvgIpc) is 2.17. The van der Waals surface area contributed by atoms with Gasteiger partial charge in [0.05, 0.1) is 4.92 Å². The number of nitrogens with zero attached hydrogens (tertiary/aromatic N) is 1. The normalized spacial score (nSPS) is 12.1. The molecule has 14 heavy (non-hydrogen) atoms. The maximum atomic E-state index is 10.5. The molecule has 0 bridgehead atoms. The largest absolute Gasteiger partial charge is 0.321 e. The predicted molar refractivity (Wildman–Crippen MR) is 55.0 cm³/mol. The molecule has 0 fully saturated rings. The Hall–Kier alpha value is -1.68. The minimum atomic E-state index is -0.432. The van der Waals surface area contributed by atoms with Crippen LogP contribution in [0.1, 0.15) is 17.2 Å². The van der Waals surface area contributed by atoms with Crippen molar-refractivity contribution in [1.82, 2.24) is 0 Å². The van der Waals surface area contributed by atoms with E-state index >= 15 is 0 Å². The summed E-state index contributed by atoms with van der Waals surface area (Å²) < 4.78 is 0. The molecule has 1 rings (SSSR count). The van der Waals surface area contributed by atoms with Gasteiger partial charge in [0.2, 0.25) is 0 Å². The number of nitrogens with two attached hydrogens (primary N) is 1. The number of hydrogen-bond acceptors (Lipinski definition) is 3. The highest BCUT2D eigenvalue weighted by Crippen LogP contribution is 2.22. The smallest absolute Gasteiger partial charge is 0.269 e. The second-order valence-electron chi connectivity index (χ2n) is 3.06. The summed E-state index contributed by atoms with van der Waals surface area (Å²) in [5.41, 5.74) is 7.46. The maximum absolute atomic E-state index is 10.5. The number of nitro benzene ring substituents is 1. The van der Waals surface area contributed by atoms with Gasteiger partial charge in [-0.25, -0.2) is 0 Å². The van der Waals surface area contributed by atoms with Gasteiger partial charge < -0.3 is 5.73 Å². The number of rotatable bonds is 3. The van der Waals surface area contributed by atoms with Crippen molar-refractivity contribution >= 4 is 5.69 Å². The summed E-state index contributed by atoms with van der Waals surface area (Å²) in [5, 5.41) is 10.5. The lowest BCUT2D eigenvalue weighted by Crippen LogP contribution is -2.08. The Labute approximate surface area is 82.2 Å². The zero-order valence-corrected chi connectivity index (χ0v) is 7.93. The van der Waals surface area contributed by atoms with Gasteiger partial charge in [-0.2, -0.15) is 0 Å². The zero-order valence-electron chi connectivity index (χ0n) is 7.93. The molecule has 0 aliphatic carbocycles. The second-order valence-corrected chi connectivity index (χ2v) is 3.06. The lowest BCUT2D eigenvalue weighted by atomic mass is 10.0. The molecule has 2 N–H and O–H groups in total. The number of hydrogen-bond donors (Lipinski definition) is 1. The molecule has 0 spiro atoms. The maximum Gasteiger partial charge on any atom is 0.269 e. The molecule has 4 heteroatoms. The van der Waals surface area contributed by atoms with Gasteiger partial charge in [0.15, 0.2) is 0 Å². The highest BCUT2D eigenvalue weighted by Gasteiger charge is 2.11. The van der Waals surface area contributed by atoms with E-state index in [1.54, 1.807) is 12.1 Å². The van der Waals surface area contributed by atoms with Crippen LogP contribution >= 0.6 is 0 Å². The summed E-state index contributed by atoms with van der Waals surface area (Å²) in [7, 11) is 0. The van der Waals surface area contributed by atoms with Gasteiger partial charge in [-0.3, -0.25) is 10.1 Å². The van der Waals surface area contributed by atoms with E-state index in [1.807, 2.05) is 6.92 Å². The topological polar surface area (TPSA) is 69.2 Å². The van der Waals surface area contributed by atoms with Crippen LogP contribution in [-0.4, -0.2) is 4.92 Å². The van der Waals surface area contributed by atoms with Crippen molar-refractivity contribution in [1.29, 1.82) is 0 Å². The van der Waals surface area contributed by atoms with E-state index < -0.39 is 4.92 Å². The Morgan fingerprint density at radius 3 is 2.79 bits per heavy atom. The van der Waals surface area contributed by atoms with E-state index in [4.69, 9.17) is 5.73 Å². The van der Waals surface area contributed by atoms with Crippen LogP contribution < -0.4 is 5.73 Å². The van der Waals surface area contributed by atoms with E-state index in [2.05, 4.69) is 6.58 Å². The first kappa shape index (κ1) is 10.4. The first-order valence-electron chi connectivity index (χ1n) is 4.19. The summed E-state index contributed by atoms with van der Waals surface area (Å²) in [6.45, 7) is 5.42. The first-order valence-corrected chi connectivity index (χ1v) is 4.19. The summed E-state index contributed by atoms with van der Waals surface area (Å²) in [5.74, 6) is 0. The fourth-order valence-corrected chi connectivity index (χ4v) is 1.23.